The number of aromatic nitrogens is 6. The third-order valence-corrected chi connectivity index (χ3v) is 13.7. The van der Waals surface area contributed by atoms with E-state index < -0.39 is 33.0 Å². The van der Waals surface area contributed by atoms with Crippen LogP contribution < -0.4 is 9.44 Å². The molecule has 0 aliphatic carbocycles. The highest BCUT2D eigenvalue weighted by molar-refractivity contribution is 7.85. The summed E-state index contributed by atoms with van der Waals surface area (Å²) < 4.78 is 51.6. The minimum absolute atomic E-state index is 0.0213. The van der Waals surface area contributed by atoms with E-state index >= 15 is 0 Å². The summed E-state index contributed by atoms with van der Waals surface area (Å²) in [5.74, 6) is 0. The van der Waals surface area contributed by atoms with Crippen LogP contribution in [0.15, 0.2) is 77.6 Å². The summed E-state index contributed by atoms with van der Waals surface area (Å²) in [7, 11) is 2.31. The molecule has 0 saturated carbocycles. The number of hydrogen-bond donors (Lipinski definition) is 2. The van der Waals surface area contributed by atoms with Gasteiger partial charge in [0.05, 0.1) is 58.5 Å². The summed E-state index contributed by atoms with van der Waals surface area (Å²) >= 11 is 0. The van der Waals surface area contributed by atoms with Gasteiger partial charge in [-0.25, -0.2) is 22.1 Å². The highest BCUT2D eigenvalue weighted by Crippen LogP contribution is 2.26. The van der Waals surface area contributed by atoms with Gasteiger partial charge in [-0.1, -0.05) is 36.4 Å². The zero-order valence-electron chi connectivity index (χ0n) is 36.2. The van der Waals surface area contributed by atoms with Gasteiger partial charge in [0.15, 0.2) is 0 Å². The Morgan fingerprint density at radius 2 is 0.930 bits per heavy atom. The van der Waals surface area contributed by atoms with Crippen molar-refractivity contribution in [2.75, 3.05) is 0 Å². The zero-order chi connectivity index (χ0) is 42.6. The molecular formula is C42H61N9O3S3. The molecule has 0 aliphatic rings. The second kappa shape index (κ2) is 18.4. The fourth-order valence-corrected chi connectivity index (χ4v) is 7.94. The highest BCUT2D eigenvalue weighted by atomic mass is 32.2. The first kappa shape index (κ1) is 45.8. The van der Waals surface area contributed by atoms with E-state index in [1.807, 2.05) is 175 Å². The van der Waals surface area contributed by atoms with E-state index in [1.54, 1.807) is 4.68 Å². The van der Waals surface area contributed by atoms with Crippen LogP contribution >= 0.6 is 0 Å². The van der Waals surface area contributed by atoms with Crippen LogP contribution in [0, 0.1) is 0 Å². The Morgan fingerprint density at radius 1 is 0.579 bits per heavy atom. The van der Waals surface area contributed by atoms with Gasteiger partial charge in [-0.15, -0.1) is 0 Å². The van der Waals surface area contributed by atoms with Crippen LogP contribution in [0.2, 0.25) is 0 Å². The van der Waals surface area contributed by atoms with Gasteiger partial charge in [0.2, 0.25) is 0 Å². The molecule has 3 heterocycles. The second-order valence-electron chi connectivity index (χ2n) is 17.2. The largest absolute Gasteiger partial charge is 0.275 e. The lowest BCUT2D eigenvalue weighted by Crippen LogP contribution is -2.34. The molecule has 3 aromatic carbocycles. The van der Waals surface area contributed by atoms with Crippen molar-refractivity contribution < 1.29 is 12.6 Å². The van der Waals surface area contributed by atoms with Crippen LogP contribution in [0.5, 0.6) is 0 Å². The molecule has 5 atom stereocenters. The van der Waals surface area contributed by atoms with Crippen LogP contribution in [-0.4, -0.2) is 61.9 Å². The van der Waals surface area contributed by atoms with Crippen LogP contribution in [-0.2, 0) is 54.1 Å². The predicted octanol–water partition coefficient (Wildman–Crippen LogP) is 8.22. The van der Waals surface area contributed by atoms with E-state index in [0.29, 0.717) is 0 Å². The minimum atomic E-state index is -1.24. The van der Waals surface area contributed by atoms with Crippen molar-refractivity contribution in [1.29, 1.82) is 0 Å². The molecule has 310 valence electrons. The summed E-state index contributed by atoms with van der Waals surface area (Å²) in [6.07, 6.45) is 5.97. The Kier molecular flexibility index (Phi) is 14.8. The summed E-state index contributed by atoms with van der Waals surface area (Å²) in [5, 5.41) is 16.4. The highest BCUT2D eigenvalue weighted by Gasteiger charge is 2.24. The number of aryl methyl sites for hydroxylation is 3. The van der Waals surface area contributed by atoms with E-state index in [0.717, 1.165) is 55.1 Å². The van der Waals surface area contributed by atoms with E-state index in [4.69, 9.17) is 0 Å². The molecule has 0 bridgehead atoms. The monoisotopic (exact) mass is 835 g/mol. The fraction of sp³-hybridized carbons (Fsp3) is 0.476. The summed E-state index contributed by atoms with van der Waals surface area (Å²) in [6.45, 7) is 23.5. The third-order valence-electron chi connectivity index (χ3n) is 8.81. The van der Waals surface area contributed by atoms with Gasteiger partial charge in [-0.3, -0.25) is 14.0 Å². The molecule has 3 aromatic heterocycles. The summed E-state index contributed by atoms with van der Waals surface area (Å²) in [5.41, 5.74) is 6.89. The van der Waals surface area contributed by atoms with E-state index in [2.05, 4.69) is 41.3 Å². The first-order valence-electron chi connectivity index (χ1n) is 19.0. The van der Waals surface area contributed by atoms with Gasteiger partial charge >= 0.3 is 0 Å². The van der Waals surface area contributed by atoms with Crippen molar-refractivity contribution in [3.8, 4) is 0 Å². The Labute approximate surface area is 346 Å². The van der Waals surface area contributed by atoms with Crippen LogP contribution in [0.25, 0.3) is 32.7 Å². The standard InChI is InChI=1S/2C14H21N3OS.C14H19N3OS/c3*1-10(16-19(18)14(2,3)4)11-7-6-8-13-12(11)9-17(5)15-13/h2*6-10,16H,1-5H3;6-9H,1-5H3/t10-,19+;10-,19-;19-/m100/s1. The van der Waals surface area contributed by atoms with Crippen molar-refractivity contribution in [1.82, 2.24) is 38.8 Å². The molecule has 0 aliphatic heterocycles. The van der Waals surface area contributed by atoms with E-state index in [1.165, 1.54) is 0 Å². The number of benzene rings is 3. The van der Waals surface area contributed by atoms with Gasteiger partial charge < -0.3 is 0 Å². The molecule has 0 amide bonds. The van der Waals surface area contributed by atoms with Crippen molar-refractivity contribution in [3.63, 3.8) is 0 Å². The maximum atomic E-state index is 12.2. The molecular weight excluding hydrogens is 775 g/mol. The molecule has 0 saturated heterocycles. The molecule has 12 nitrogen and oxygen atoms in total. The maximum Gasteiger partial charge on any atom is 0.145 e. The molecule has 57 heavy (non-hydrogen) atoms. The molecule has 0 spiro atoms. The molecule has 15 heteroatoms. The number of nitrogens with one attached hydrogen (secondary N) is 2. The quantitative estimate of drug-likeness (QED) is 0.148. The molecule has 6 rings (SSSR count). The van der Waals surface area contributed by atoms with E-state index in [9.17, 15) is 12.6 Å². The van der Waals surface area contributed by atoms with Crippen molar-refractivity contribution >= 4 is 71.4 Å². The fourth-order valence-electron chi connectivity index (χ4n) is 5.71. The average Bonchev–Trinajstić information content (AvgIpc) is 3.80. The summed E-state index contributed by atoms with van der Waals surface area (Å²) in [6, 6.07) is 18.0. The molecule has 0 unspecified atom stereocenters. The Balaban J connectivity index is 0.000000189. The Hall–Kier alpha value is -3.89. The molecule has 6 aromatic rings. The predicted molar refractivity (Wildman–Crippen MR) is 241 cm³/mol. The lowest BCUT2D eigenvalue weighted by molar-refractivity contribution is 0.617. The number of fused-ring (bicyclic) bond motifs is 3. The van der Waals surface area contributed by atoms with Gasteiger partial charge in [0, 0.05) is 73.5 Å². The minimum Gasteiger partial charge on any atom is -0.275 e. The van der Waals surface area contributed by atoms with Gasteiger partial charge in [-0.05, 0) is 112 Å². The Morgan fingerprint density at radius 3 is 1.30 bits per heavy atom. The number of rotatable bonds is 8. The smallest absolute Gasteiger partial charge is 0.145 e. The number of hydrogen-bond acceptors (Lipinski definition) is 6. The zero-order valence-corrected chi connectivity index (χ0v) is 38.6. The van der Waals surface area contributed by atoms with Crippen molar-refractivity contribution in [3.05, 3.63) is 89.9 Å². The lowest BCUT2D eigenvalue weighted by atomic mass is 10.1. The van der Waals surface area contributed by atoms with Crippen molar-refractivity contribution in [2.45, 2.75) is 109 Å². The summed E-state index contributed by atoms with van der Waals surface area (Å²) in [4.78, 5) is 0. The van der Waals surface area contributed by atoms with Gasteiger partial charge in [0.1, 0.15) is 11.0 Å². The third kappa shape index (κ3) is 12.1. The first-order valence-corrected chi connectivity index (χ1v) is 22.4. The molecule has 2 N–H and O–H groups in total. The first-order chi connectivity index (χ1) is 26.4. The van der Waals surface area contributed by atoms with Gasteiger partial charge in [0.25, 0.3) is 0 Å². The number of nitrogens with zero attached hydrogens (tertiary/aromatic N) is 7. The molecule has 0 radical (unpaired) electrons. The Bertz CT molecular complexity index is 2320. The average molecular weight is 836 g/mol. The van der Waals surface area contributed by atoms with Crippen LogP contribution in [0.1, 0.15) is 112 Å². The van der Waals surface area contributed by atoms with E-state index in [-0.39, 0.29) is 26.3 Å². The van der Waals surface area contributed by atoms with Gasteiger partial charge in [-0.2, -0.15) is 19.7 Å². The topological polar surface area (TPSA) is 141 Å². The van der Waals surface area contributed by atoms with Crippen molar-refractivity contribution in [2.24, 2.45) is 25.5 Å². The lowest BCUT2D eigenvalue weighted by Gasteiger charge is -2.22. The second-order valence-corrected chi connectivity index (χ2v) is 23.1. The van der Waals surface area contributed by atoms with Crippen LogP contribution in [0.3, 0.4) is 0 Å². The van der Waals surface area contributed by atoms with Crippen LogP contribution in [0.4, 0.5) is 0 Å². The normalized spacial score (nSPS) is 15.4. The SMILES string of the molecule is CC(=N[S@@](=O)C(C)(C)C)c1cccc2nn(C)cc12.C[C@@H](N[S@@](=O)C(C)(C)C)c1cccc2nn(C)cc12.C[C@H](N[S@@](=O)C(C)(C)C)c1cccc2nn(C)cc12. The maximum absolute atomic E-state index is 12.2. The molecule has 0 fully saturated rings.